The molecule has 0 bridgehead atoms. The van der Waals surface area contributed by atoms with Gasteiger partial charge in [0.25, 0.3) is 0 Å². The van der Waals surface area contributed by atoms with Crippen LogP contribution in [0.15, 0.2) is 54.7 Å². The summed E-state index contributed by atoms with van der Waals surface area (Å²) < 4.78 is 1.01. The molecule has 0 unspecified atom stereocenters. The van der Waals surface area contributed by atoms with Gasteiger partial charge in [-0.15, -0.1) is 0 Å². The molecule has 1 amide bonds. The maximum absolute atomic E-state index is 11.3. The van der Waals surface area contributed by atoms with Crippen molar-refractivity contribution >= 4 is 38.5 Å². The number of hydrogen-bond acceptors (Lipinski definition) is 6. The fraction of sp³-hybridized carbons (Fsp3) is 0.250. The van der Waals surface area contributed by atoms with Gasteiger partial charge in [-0.3, -0.25) is 4.79 Å². The van der Waals surface area contributed by atoms with Crippen LogP contribution < -0.4 is 10.2 Å². The number of fused-ring (bicyclic) bond motifs is 1. The van der Waals surface area contributed by atoms with Gasteiger partial charge in [-0.1, -0.05) is 41.7 Å². The number of carbonyl (C=O) groups excluding carboxylic acids is 1. The van der Waals surface area contributed by atoms with Crippen LogP contribution >= 0.6 is 11.3 Å². The Morgan fingerprint density at radius 1 is 1.16 bits per heavy atom. The first-order valence-corrected chi connectivity index (χ1v) is 11.2. The molecule has 0 aliphatic carbocycles. The van der Waals surface area contributed by atoms with Gasteiger partial charge in [-0.2, -0.15) is 0 Å². The number of rotatable bonds is 4. The van der Waals surface area contributed by atoms with E-state index in [0.717, 1.165) is 46.8 Å². The molecular formula is C24H23N5OS. The lowest BCUT2D eigenvalue weighted by Crippen LogP contribution is -2.25. The Balaban J connectivity index is 1.47. The zero-order valence-corrected chi connectivity index (χ0v) is 18.3. The van der Waals surface area contributed by atoms with E-state index in [1.54, 1.807) is 0 Å². The Hall–Kier alpha value is -3.32. The fourth-order valence-corrected chi connectivity index (χ4v) is 5.18. The molecule has 5 rings (SSSR count). The highest BCUT2D eigenvalue weighted by Crippen LogP contribution is 2.37. The molecule has 0 radical (unpaired) electrons. The van der Waals surface area contributed by atoms with Gasteiger partial charge in [-0.25, -0.2) is 15.0 Å². The van der Waals surface area contributed by atoms with E-state index in [1.807, 2.05) is 24.4 Å². The van der Waals surface area contributed by atoms with Gasteiger partial charge in [0, 0.05) is 25.2 Å². The molecule has 1 saturated heterocycles. The Morgan fingerprint density at radius 2 is 2.03 bits per heavy atom. The van der Waals surface area contributed by atoms with Crippen molar-refractivity contribution < 1.29 is 4.79 Å². The normalized spacial score (nSPS) is 16.1. The van der Waals surface area contributed by atoms with Crippen LogP contribution in [0.2, 0.25) is 0 Å². The van der Waals surface area contributed by atoms with E-state index in [9.17, 15) is 4.79 Å². The minimum absolute atomic E-state index is 0.117. The van der Waals surface area contributed by atoms with Gasteiger partial charge in [0.2, 0.25) is 11.9 Å². The standard InChI is InChI=1S/C24H23N5OS/c1-15-6-3-4-7-18(15)21-8-5-13-29(21)23-25-12-11-19(27-23)17-9-10-20-22(14-17)31-24(28-20)26-16(2)30/h3-4,6-7,9-12,14,21H,5,8,13H2,1-2H3,(H,26,28,30)/t21-/m1/s1. The van der Waals surface area contributed by atoms with Crippen molar-refractivity contribution in [3.05, 3.63) is 65.9 Å². The van der Waals surface area contributed by atoms with E-state index in [2.05, 4.69) is 57.4 Å². The van der Waals surface area contributed by atoms with Crippen molar-refractivity contribution in [3.63, 3.8) is 0 Å². The van der Waals surface area contributed by atoms with Crippen molar-refractivity contribution in [2.45, 2.75) is 32.7 Å². The molecule has 1 aliphatic heterocycles. The third-order valence-electron chi connectivity index (χ3n) is 5.67. The lowest BCUT2D eigenvalue weighted by molar-refractivity contribution is -0.114. The maximum atomic E-state index is 11.3. The quantitative estimate of drug-likeness (QED) is 0.473. The van der Waals surface area contributed by atoms with Crippen molar-refractivity contribution in [2.24, 2.45) is 0 Å². The zero-order chi connectivity index (χ0) is 21.4. The SMILES string of the molecule is CC(=O)Nc1nc2ccc(-c3ccnc(N4CCC[C@@H]4c4ccccc4C)n3)cc2s1. The van der Waals surface area contributed by atoms with Crippen LogP contribution in [0.5, 0.6) is 0 Å². The summed E-state index contributed by atoms with van der Waals surface area (Å²) in [6, 6.07) is 16.9. The van der Waals surface area contributed by atoms with Gasteiger partial charge < -0.3 is 10.2 Å². The summed E-state index contributed by atoms with van der Waals surface area (Å²) in [7, 11) is 0. The molecule has 156 valence electrons. The van der Waals surface area contributed by atoms with Gasteiger partial charge >= 0.3 is 0 Å². The highest BCUT2D eigenvalue weighted by Gasteiger charge is 2.29. The van der Waals surface area contributed by atoms with E-state index in [-0.39, 0.29) is 5.91 Å². The first kappa shape index (κ1) is 19.6. The summed E-state index contributed by atoms with van der Waals surface area (Å²) in [6.45, 7) is 4.61. The number of hydrogen-bond donors (Lipinski definition) is 1. The van der Waals surface area contributed by atoms with E-state index in [0.29, 0.717) is 11.2 Å². The maximum Gasteiger partial charge on any atom is 0.226 e. The van der Waals surface area contributed by atoms with Crippen molar-refractivity contribution in [1.29, 1.82) is 0 Å². The van der Waals surface area contributed by atoms with Crippen molar-refractivity contribution in [3.8, 4) is 11.3 Å². The molecule has 2 aromatic carbocycles. The summed E-state index contributed by atoms with van der Waals surface area (Å²) >= 11 is 1.47. The zero-order valence-electron chi connectivity index (χ0n) is 17.5. The fourth-order valence-electron chi connectivity index (χ4n) is 4.23. The summed E-state index contributed by atoms with van der Waals surface area (Å²) in [5.74, 6) is 0.653. The van der Waals surface area contributed by atoms with Gasteiger partial charge in [0.1, 0.15) is 0 Å². The summed E-state index contributed by atoms with van der Waals surface area (Å²) in [6.07, 6.45) is 4.08. The van der Waals surface area contributed by atoms with E-state index in [4.69, 9.17) is 4.98 Å². The molecule has 0 spiro atoms. The molecule has 0 saturated carbocycles. The van der Waals surface area contributed by atoms with Gasteiger partial charge in [0.15, 0.2) is 5.13 Å². The van der Waals surface area contributed by atoms with Crippen LogP contribution in [-0.2, 0) is 4.79 Å². The molecule has 31 heavy (non-hydrogen) atoms. The highest BCUT2D eigenvalue weighted by molar-refractivity contribution is 7.22. The van der Waals surface area contributed by atoms with E-state index >= 15 is 0 Å². The molecule has 4 aromatic rings. The minimum atomic E-state index is -0.117. The van der Waals surface area contributed by atoms with Crippen LogP contribution in [-0.4, -0.2) is 27.4 Å². The molecule has 7 heteroatoms. The Bertz CT molecular complexity index is 1270. The van der Waals surface area contributed by atoms with Crippen molar-refractivity contribution in [2.75, 3.05) is 16.8 Å². The number of benzene rings is 2. The predicted octanol–water partition coefficient (Wildman–Crippen LogP) is 5.36. The number of aromatic nitrogens is 3. The predicted molar refractivity (Wildman–Crippen MR) is 125 cm³/mol. The van der Waals surface area contributed by atoms with Crippen LogP contribution in [0.3, 0.4) is 0 Å². The molecule has 6 nitrogen and oxygen atoms in total. The Labute approximate surface area is 185 Å². The second-order valence-electron chi connectivity index (χ2n) is 7.83. The van der Waals surface area contributed by atoms with Gasteiger partial charge in [-0.05, 0) is 49.1 Å². The smallest absolute Gasteiger partial charge is 0.226 e. The summed E-state index contributed by atoms with van der Waals surface area (Å²) in [5.41, 5.74) is 5.43. The molecule has 1 atom stereocenters. The molecule has 1 N–H and O–H groups in total. The number of aryl methyl sites for hydroxylation is 1. The van der Waals surface area contributed by atoms with Crippen LogP contribution in [0, 0.1) is 6.92 Å². The molecule has 1 fully saturated rings. The first-order chi connectivity index (χ1) is 15.1. The third-order valence-corrected chi connectivity index (χ3v) is 6.60. The second-order valence-corrected chi connectivity index (χ2v) is 8.86. The number of thiazole rings is 1. The number of carbonyl (C=O) groups is 1. The highest BCUT2D eigenvalue weighted by atomic mass is 32.1. The minimum Gasteiger partial charge on any atom is -0.334 e. The Kier molecular flexibility index (Phi) is 5.11. The summed E-state index contributed by atoms with van der Waals surface area (Å²) in [5, 5.41) is 3.37. The average molecular weight is 430 g/mol. The molecule has 1 aliphatic rings. The third kappa shape index (κ3) is 3.88. The molecule has 3 heterocycles. The van der Waals surface area contributed by atoms with Gasteiger partial charge in [0.05, 0.1) is 22.0 Å². The molecule has 2 aromatic heterocycles. The monoisotopic (exact) mass is 429 g/mol. The van der Waals surface area contributed by atoms with Crippen molar-refractivity contribution in [1.82, 2.24) is 15.0 Å². The second kappa shape index (κ2) is 8.07. The Morgan fingerprint density at radius 3 is 2.87 bits per heavy atom. The van der Waals surface area contributed by atoms with E-state index < -0.39 is 0 Å². The summed E-state index contributed by atoms with van der Waals surface area (Å²) in [4.78, 5) is 27.6. The molecular weight excluding hydrogens is 406 g/mol. The largest absolute Gasteiger partial charge is 0.334 e. The lowest BCUT2D eigenvalue weighted by atomic mass is 9.99. The lowest BCUT2D eigenvalue weighted by Gasteiger charge is -2.26. The van der Waals surface area contributed by atoms with E-state index in [1.165, 1.54) is 29.4 Å². The number of amides is 1. The van der Waals surface area contributed by atoms with Crippen LogP contribution in [0.1, 0.15) is 36.9 Å². The average Bonchev–Trinajstić information content (AvgIpc) is 3.39. The number of anilines is 2. The first-order valence-electron chi connectivity index (χ1n) is 10.4. The number of nitrogens with one attached hydrogen (secondary N) is 1. The van der Waals surface area contributed by atoms with Crippen LogP contribution in [0.25, 0.3) is 21.5 Å². The topological polar surface area (TPSA) is 71.0 Å². The van der Waals surface area contributed by atoms with Crippen LogP contribution in [0.4, 0.5) is 11.1 Å². The number of nitrogens with zero attached hydrogens (tertiary/aromatic N) is 4.